The second kappa shape index (κ2) is 19.2. The van der Waals surface area contributed by atoms with Crippen LogP contribution < -0.4 is 4.57 Å². The van der Waals surface area contributed by atoms with E-state index in [-0.39, 0.29) is 0 Å². The molecule has 170 valence electrons. The zero-order chi connectivity index (χ0) is 21.0. The van der Waals surface area contributed by atoms with Gasteiger partial charge in [-0.05, 0) is 32.1 Å². The Hall–Kier alpha value is -0.790. The molecular formula is C27H53N2+. The molecule has 0 N–H and O–H groups in total. The number of imidazole rings is 1. The third-order valence-corrected chi connectivity index (χ3v) is 6.35. The lowest BCUT2D eigenvalue weighted by Gasteiger charge is -2.06. The molecule has 1 rings (SSSR count). The van der Waals surface area contributed by atoms with E-state index in [1.165, 1.54) is 135 Å². The van der Waals surface area contributed by atoms with Crippen molar-refractivity contribution in [2.24, 2.45) is 0 Å². The van der Waals surface area contributed by atoms with E-state index in [1.54, 1.807) is 5.82 Å². The van der Waals surface area contributed by atoms with Gasteiger partial charge in [-0.25, -0.2) is 9.13 Å². The van der Waals surface area contributed by atoms with Crippen LogP contribution in [0, 0.1) is 0 Å². The molecule has 1 heterocycles. The summed E-state index contributed by atoms with van der Waals surface area (Å²) in [7, 11) is 0. The van der Waals surface area contributed by atoms with Gasteiger partial charge in [-0.1, -0.05) is 104 Å². The van der Waals surface area contributed by atoms with Crippen LogP contribution in [0.25, 0.3) is 0 Å². The molecule has 29 heavy (non-hydrogen) atoms. The standard InChI is InChI=1S/C27H53N2/c1-4-7-10-12-13-14-15-16-17-19-22-27-28(23-20-9-6-3)25-26-29(27)24-21-18-11-8-5-2/h25-26H,4-24H2,1-3H3/q+1. The molecule has 0 aliphatic heterocycles. The Kier molecular flexibility index (Phi) is 17.4. The van der Waals surface area contributed by atoms with Crippen LogP contribution in [0.1, 0.15) is 142 Å². The van der Waals surface area contributed by atoms with Gasteiger partial charge in [0.15, 0.2) is 0 Å². The normalized spacial score (nSPS) is 11.4. The van der Waals surface area contributed by atoms with Gasteiger partial charge in [0.1, 0.15) is 12.4 Å². The molecule has 0 saturated carbocycles. The van der Waals surface area contributed by atoms with Gasteiger partial charge in [-0.15, -0.1) is 0 Å². The van der Waals surface area contributed by atoms with E-state index in [0.29, 0.717) is 0 Å². The van der Waals surface area contributed by atoms with Gasteiger partial charge in [-0.3, -0.25) is 0 Å². The Bertz CT molecular complexity index is 463. The molecule has 0 aliphatic rings. The Morgan fingerprint density at radius 2 is 1.07 bits per heavy atom. The first-order valence-electron chi connectivity index (χ1n) is 13.4. The first-order valence-corrected chi connectivity index (χ1v) is 13.4. The predicted octanol–water partition coefficient (Wildman–Crippen LogP) is 8.40. The molecule has 0 amide bonds. The highest BCUT2D eigenvalue weighted by molar-refractivity contribution is 4.84. The van der Waals surface area contributed by atoms with Crippen LogP contribution in [0.5, 0.6) is 0 Å². The first kappa shape index (κ1) is 26.2. The summed E-state index contributed by atoms with van der Waals surface area (Å²) in [5, 5.41) is 0. The van der Waals surface area contributed by atoms with Crippen molar-refractivity contribution in [2.75, 3.05) is 0 Å². The number of hydrogen-bond donors (Lipinski definition) is 0. The molecule has 2 nitrogen and oxygen atoms in total. The summed E-state index contributed by atoms with van der Waals surface area (Å²) >= 11 is 0. The van der Waals surface area contributed by atoms with Crippen LogP contribution in [-0.2, 0) is 19.5 Å². The summed E-state index contributed by atoms with van der Waals surface area (Å²) in [5.41, 5.74) is 0. The Morgan fingerprint density at radius 3 is 1.66 bits per heavy atom. The van der Waals surface area contributed by atoms with Crippen LogP contribution in [-0.4, -0.2) is 4.57 Å². The minimum Gasteiger partial charge on any atom is -0.234 e. The molecule has 0 spiro atoms. The van der Waals surface area contributed by atoms with Crippen LogP contribution in [0.2, 0.25) is 0 Å². The summed E-state index contributed by atoms with van der Waals surface area (Å²) in [5.74, 6) is 1.59. The van der Waals surface area contributed by atoms with Crippen molar-refractivity contribution in [1.29, 1.82) is 0 Å². The van der Waals surface area contributed by atoms with Crippen molar-refractivity contribution in [2.45, 2.75) is 156 Å². The van der Waals surface area contributed by atoms with E-state index in [0.717, 1.165) is 0 Å². The zero-order valence-electron chi connectivity index (χ0n) is 20.4. The van der Waals surface area contributed by atoms with Crippen LogP contribution in [0.4, 0.5) is 0 Å². The molecule has 0 saturated heterocycles. The van der Waals surface area contributed by atoms with E-state index in [9.17, 15) is 0 Å². The van der Waals surface area contributed by atoms with E-state index in [2.05, 4.69) is 42.3 Å². The molecule has 1 aromatic rings. The van der Waals surface area contributed by atoms with Crippen LogP contribution in [0.3, 0.4) is 0 Å². The van der Waals surface area contributed by atoms with Crippen molar-refractivity contribution < 1.29 is 4.57 Å². The van der Waals surface area contributed by atoms with Crippen molar-refractivity contribution in [3.63, 3.8) is 0 Å². The average Bonchev–Trinajstić information content (AvgIpc) is 3.11. The molecule has 2 heteroatoms. The summed E-state index contributed by atoms with van der Waals surface area (Å²) in [4.78, 5) is 0. The largest absolute Gasteiger partial charge is 0.256 e. The number of rotatable bonds is 21. The number of nitrogens with zero attached hydrogens (tertiary/aromatic N) is 2. The van der Waals surface area contributed by atoms with Crippen LogP contribution >= 0.6 is 0 Å². The zero-order valence-corrected chi connectivity index (χ0v) is 20.4. The van der Waals surface area contributed by atoms with Crippen molar-refractivity contribution in [3.05, 3.63) is 18.2 Å². The lowest BCUT2D eigenvalue weighted by molar-refractivity contribution is -0.704. The van der Waals surface area contributed by atoms with Crippen molar-refractivity contribution in [3.8, 4) is 0 Å². The summed E-state index contributed by atoms with van der Waals surface area (Å²) in [6.45, 7) is 9.34. The van der Waals surface area contributed by atoms with Gasteiger partial charge in [-0.2, -0.15) is 0 Å². The van der Waals surface area contributed by atoms with Gasteiger partial charge in [0.05, 0.1) is 13.1 Å². The Balaban J connectivity index is 2.31. The highest BCUT2D eigenvalue weighted by Crippen LogP contribution is 2.13. The maximum atomic E-state index is 2.58. The minimum atomic E-state index is 1.21. The van der Waals surface area contributed by atoms with Gasteiger partial charge in [0, 0.05) is 6.42 Å². The third kappa shape index (κ3) is 13.2. The quantitative estimate of drug-likeness (QED) is 0.143. The second-order valence-corrected chi connectivity index (χ2v) is 9.15. The van der Waals surface area contributed by atoms with E-state index >= 15 is 0 Å². The number of hydrogen-bond acceptors (Lipinski definition) is 0. The molecule has 0 aliphatic carbocycles. The fraction of sp³-hybridized carbons (Fsp3) is 0.889. The van der Waals surface area contributed by atoms with Gasteiger partial charge in [0.2, 0.25) is 0 Å². The predicted molar refractivity (Wildman–Crippen MR) is 128 cm³/mol. The minimum absolute atomic E-state index is 1.21. The van der Waals surface area contributed by atoms with E-state index in [4.69, 9.17) is 0 Å². The van der Waals surface area contributed by atoms with Crippen molar-refractivity contribution >= 4 is 0 Å². The molecule has 0 bridgehead atoms. The fourth-order valence-corrected chi connectivity index (χ4v) is 4.38. The first-order chi connectivity index (χ1) is 14.3. The highest BCUT2D eigenvalue weighted by Gasteiger charge is 2.16. The molecular weight excluding hydrogens is 352 g/mol. The summed E-state index contributed by atoms with van der Waals surface area (Å²) < 4.78 is 5.14. The third-order valence-electron chi connectivity index (χ3n) is 6.35. The Labute approximate surface area is 183 Å². The summed E-state index contributed by atoms with van der Waals surface area (Å²) in [6, 6.07) is 0. The van der Waals surface area contributed by atoms with Gasteiger partial charge >= 0.3 is 0 Å². The molecule has 0 radical (unpaired) electrons. The lowest BCUT2D eigenvalue weighted by atomic mass is 10.1. The van der Waals surface area contributed by atoms with Gasteiger partial charge in [0.25, 0.3) is 5.82 Å². The fourth-order valence-electron chi connectivity index (χ4n) is 4.38. The SMILES string of the molecule is CCCCCCCCCCCCc1n(CCCCCCC)cc[n+]1CCCCC. The Morgan fingerprint density at radius 1 is 0.586 bits per heavy atom. The second-order valence-electron chi connectivity index (χ2n) is 9.15. The molecule has 0 aromatic carbocycles. The van der Waals surface area contributed by atoms with Gasteiger partial charge < -0.3 is 0 Å². The van der Waals surface area contributed by atoms with E-state index in [1.807, 2.05) is 0 Å². The van der Waals surface area contributed by atoms with Crippen LogP contribution in [0.15, 0.2) is 12.4 Å². The van der Waals surface area contributed by atoms with Crippen molar-refractivity contribution in [1.82, 2.24) is 4.57 Å². The number of aryl methyl sites for hydroxylation is 2. The molecule has 0 fully saturated rings. The monoisotopic (exact) mass is 405 g/mol. The number of aromatic nitrogens is 2. The summed E-state index contributed by atoms with van der Waals surface area (Å²) in [6.07, 6.45) is 31.1. The molecule has 0 unspecified atom stereocenters. The average molecular weight is 406 g/mol. The molecule has 1 aromatic heterocycles. The maximum Gasteiger partial charge on any atom is 0.256 e. The maximum absolute atomic E-state index is 2.58. The topological polar surface area (TPSA) is 8.81 Å². The lowest BCUT2D eigenvalue weighted by Crippen LogP contribution is -2.37. The number of unbranched alkanes of at least 4 members (excludes halogenated alkanes) is 15. The van der Waals surface area contributed by atoms with E-state index < -0.39 is 0 Å². The molecule has 0 atom stereocenters. The highest BCUT2D eigenvalue weighted by atomic mass is 15.1. The smallest absolute Gasteiger partial charge is 0.234 e.